The second kappa shape index (κ2) is 8.27. The summed E-state index contributed by atoms with van der Waals surface area (Å²) in [7, 11) is -4.15. The van der Waals surface area contributed by atoms with Crippen molar-refractivity contribution in [2.75, 3.05) is 6.61 Å². The first kappa shape index (κ1) is 20.3. The molecule has 0 atom stereocenters. The van der Waals surface area contributed by atoms with E-state index in [1.54, 1.807) is 0 Å². The highest BCUT2D eigenvalue weighted by atomic mass is 32.2. The van der Waals surface area contributed by atoms with Gasteiger partial charge < -0.3 is 14.8 Å². The molecule has 0 saturated heterocycles. The molecule has 3 rings (SSSR count). The van der Waals surface area contributed by atoms with Crippen molar-refractivity contribution in [3.8, 4) is 11.6 Å². The molecule has 0 radical (unpaired) electrons. The Morgan fingerprint density at radius 1 is 1.21 bits per heavy atom. The number of nitrogens with zero attached hydrogens (tertiary/aromatic N) is 3. The van der Waals surface area contributed by atoms with Crippen molar-refractivity contribution in [3.05, 3.63) is 52.6 Å². The van der Waals surface area contributed by atoms with E-state index < -0.39 is 20.8 Å². The largest absolute Gasteiger partial charge is 0.494 e. The average Bonchev–Trinajstić information content (AvgIpc) is 3.01. The zero-order valence-corrected chi connectivity index (χ0v) is 16.2. The monoisotopic (exact) mass is 418 g/mol. The van der Waals surface area contributed by atoms with Gasteiger partial charge in [-0.05, 0) is 36.8 Å². The van der Waals surface area contributed by atoms with Crippen molar-refractivity contribution in [1.82, 2.24) is 4.98 Å². The zero-order valence-electron chi connectivity index (χ0n) is 15.4. The number of rotatable bonds is 8. The second-order valence-electron chi connectivity index (χ2n) is 6.14. The summed E-state index contributed by atoms with van der Waals surface area (Å²) >= 11 is 0. The van der Waals surface area contributed by atoms with Crippen molar-refractivity contribution in [3.63, 3.8) is 0 Å². The van der Waals surface area contributed by atoms with Gasteiger partial charge in [0.1, 0.15) is 5.75 Å². The van der Waals surface area contributed by atoms with E-state index in [1.165, 1.54) is 42.5 Å². The van der Waals surface area contributed by atoms with Gasteiger partial charge in [-0.1, -0.05) is 17.9 Å². The van der Waals surface area contributed by atoms with E-state index in [9.17, 15) is 23.6 Å². The van der Waals surface area contributed by atoms with Crippen LogP contribution in [0.5, 0.6) is 11.6 Å². The van der Waals surface area contributed by atoms with Crippen molar-refractivity contribution in [1.29, 1.82) is 0 Å². The molecule has 0 spiro atoms. The van der Waals surface area contributed by atoms with Gasteiger partial charge in [0, 0.05) is 17.5 Å². The molecule has 0 amide bonds. The minimum absolute atomic E-state index is 0.102. The molecule has 1 aromatic heterocycles. The molecule has 0 fully saturated rings. The molecule has 1 heterocycles. The third-order valence-corrected chi connectivity index (χ3v) is 5.25. The van der Waals surface area contributed by atoms with Gasteiger partial charge in [-0.25, -0.2) is 0 Å². The molecule has 0 aliphatic rings. The summed E-state index contributed by atoms with van der Waals surface area (Å²) in [5, 5.41) is 24.7. The number of aromatic hydroxyl groups is 1. The molecule has 0 aliphatic heterocycles. The van der Waals surface area contributed by atoms with Crippen LogP contribution in [0.2, 0.25) is 0 Å². The second-order valence-corrected chi connectivity index (χ2v) is 7.72. The van der Waals surface area contributed by atoms with E-state index in [0.717, 1.165) is 12.8 Å². The lowest BCUT2D eigenvalue weighted by Crippen LogP contribution is -1.98. The SMILES string of the molecule is CCCCOc1ccc(S(=O)(=O)N=Nc2c(O)[nH]c3ccc([N+](=O)[O-])cc23)cc1. The molecular weight excluding hydrogens is 400 g/mol. The standard InChI is InChI=1S/C18H18N4O6S/c1-2-3-10-28-13-5-7-14(8-6-13)29(26,27)21-20-17-15-11-12(22(24)25)4-9-16(15)19-18(17)23/h4-9,11,19,23H,2-3,10H2,1H3. The number of aromatic amines is 1. The molecule has 3 aromatic rings. The molecular formula is C18H18N4O6S. The Morgan fingerprint density at radius 3 is 2.59 bits per heavy atom. The van der Waals surface area contributed by atoms with Crippen LogP contribution in [-0.4, -0.2) is 30.0 Å². The first-order valence-electron chi connectivity index (χ1n) is 8.72. The van der Waals surface area contributed by atoms with Gasteiger partial charge in [0.05, 0.1) is 21.9 Å². The van der Waals surface area contributed by atoms with Gasteiger partial charge in [0.25, 0.3) is 15.7 Å². The summed E-state index contributed by atoms with van der Waals surface area (Å²) in [6.07, 6.45) is 1.87. The van der Waals surface area contributed by atoms with Gasteiger partial charge in [-0.15, -0.1) is 5.11 Å². The van der Waals surface area contributed by atoms with Crippen LogP contribution in [0.1, 0.15) is 19.8 Å². The Labute approximate surface area is 166 Å². The van der Waals surface area contributed by atoms with Crippen LogP contribution in [-0.2, 0) is 10.0 Å². The Hall–Kier alpha value is -3.47. The van der Waals surface area contributed by atoms with Crippen molar-refractivity contribution < 1.29 is 23.2 Å². The van der Waals surface area contributed by atoms with E-state index in [0.29, 0.717) is 17.9 Å². The molecule has 2 N–H and O–H groups in total. The molecule has 152 valence electrons. The van der Waals surface area contributed by atoms with Gasteiger partial charge >= 0.3 is 0 Å². The molecule has 11 heteroatoms. The Morgan fingerprint density at radius 2 is 1.93 bits per heavy atom. The van der Waals surface area contributed by atoms with Crippen molar-refractivity contribution in [2.24, 2.45) is 9.63 Å². The maximum absolute atomic E-state index is 12.4. The third kappa shape index (κ3) is 4.51. The topological polar surface area (TPSA) is 147 Å². The van der Waals surface area contributed by atoms with Crippen LogP contribution >= 0.6 is 0 Å². The average molecular weight is 418 g/mol. The number of unbranched alkanes of at least 4 members (excludes halogenated alkanes) is 1. The van der Waals surface area contributed by atoms with Crippen LogP contribution in [0.4, 0.5) is 11.4 Å². The van der Waals surface area contributed by atoms with Crippen molar-refractivity contribution >= 4 is 32.3 Å². The third-order valence-electron chi connectivity index (χ3n) is 4.08. The van der Waals surface area contributed by atoms with Crippen LogP contribution in [0.25, 0.3) is 10.9 Å². The number of nitro groups is 1. The van der Waals surface area contributed by atoms with E-state index in [-0.39, 0.29) is 21.7 Å². The molecule has 10 nitrogen and oxygen atoms in total. The fourth-order valence-electron chi connectivity index (χ4n) is 2.55. The number of non-ortho nitro benzene ring substituents is 1. The lowest BCUT2D eigenvalue weighted by Gasteiger charge is -2.05. The summed E-state index contributed by atoms with van der Waals surface area (Å²) < 4.78 is 33.7. The highest BCUT2D eigenvalue weighted by molar-refractivity contribution is 7.90. The molecule has 0 bridgehead atoms. The Kier molecular flexibility index (Phi) is 5.78. The predicted octanol–water partition coefficient (Wildman–Crippen LogP) is 4.43. The minimum Gasteiger partial charge on any atom is -0.494 e. The first-order chi connectivity index (χ1) is 13.8. The summed E-state index contributed by atoms with van der Waals surface area (Å²) in [6.45, 7) is 2.57. The maximum atomic E-state index is 12.4. The van der Waals surface area contributed by atoms with Crippen LogP contribution in [0, 0.1) is 10.1 Å². The van der Waals surface area contributed by atoms with E-state index >= 15 is 0 Å². The summed E-state index contributed by atoms with van der Waals surface area (Å²) in [5.41, 5.74) is -0.0747. The lowest BCUT2D eigenvalue weighted by atomic mass is 10.2. The Bertz CT molecular complexity index is 1170. The van der Waals surface area contributed by atoms with Crippen LogP contribution < -0.4 is 4.74 Å². The van der Waals surface area contributed by atoms with Gasteiger partial charge in [0.15, 0.2) is 5.69 Å². The molecule has 0 saturated carbocycles. The Balaban J connectivity index is 1.87. The normalized spacial score (nSPS) is 11.9. The highest BCUT2D eigenvalue weighted by Gasteiger charge is 2.17. The number of ether oxygens (including phenoxy) is 1. The van der Waals surface area contributed by atoms with E-state index in [2.05, 4.69) is 14.6 Å². The number of sulfonamides is 1. The number of benzene rings is 2. The number of hydrogen-bond acceptors (Lipinski definition) is 7. The lowest BCUT2D eigenvalue weighted by molar-refractivity contribution is -0.384. The first-order valence-corrected chi connectivity index (χ1v) is 10.2. The number of aromatic nitrogens is 1. The van der Waals surface area contributed by atoms with Gasteiger partial charge in [0.2, 0.25) is 5.88 Å². The van der Waals surface area contributed by atoms with Crippen LogP contribution in [0.15, 0.2) is 57.0 Å². The number of fused-ring (bicyclic) bond motifs is 1. The summed E-state index contributed by atoms with van der Waals surface area (Å²) in [4.78, 5) is 12.8. The van der Waals surface area contributed by atoms with Crippen LogP contribution in [0.3, 0.4) is 0 Å². The predicted molar refractivity (Wildman–Crippen MR) is 105 cm³/mol. The summed E-state index contributed by atoms with van der Waals surface area (Å²) in [5.74, 6) is 0.0926. The summed E-state index contributed by atoms with van der Waals surface area (Å²) in [6, 6.07) is 9.54. The maximum Gasteiger partial charge on any atom is 0.299 e. The highest BCUT2D eigenvalue weighted by Crippen LogP contribution is 2.37. The number of hydrogen-bond donors (Lipinski definition) is 2. The molecule has 0 aliphatic carbocycles. The van der Waals surface area contributed by atoms with E-state index in [4.69, 9.17) is 4.74 Å². The quantitative estimate of drug-likeness (QED) is 0.239. The fourth-order valence-corrected chi connectivity index (χ4v) is 3.31. The number of nitro benzene ring substituents is 1. The zero-order chi connectivity index (χ0) is 21.0. The van der Waals surface area contributed by atoms with Gasteiger partial charge in [-0.3, -0.25) is 10.1 Å². The van der Waals surface area contributed by atoms with Crippen molar-refractivity contribution in [2.45, 2.75) is 24.7 Å². The molecule has 0 unspecified atom stereocenters. The minimum atomic E-state index is -4.15. The number of nitrogens with one attached hydrogen (secondary N) is 1. The van der Waals surface area contributed by atoms with Gasteiger partial charge in [-0.2, -0.15) is 8.42 Å². The van der Waals surface area contributed by atoms with E-state index in [1.807, 2.05) is 6.92 Å². The molecule has 2 aromatic carbocycles. The number of H-pyrrole nitrogens is 1. The fraction of sp³-hybridized carbons (Fsp3) is 0.222. The molecule has 29 heavy (non-hydrogen) atoms. The smallest absolute Gasteiger partial charge is 0.299 e.